The van der Waals surface area contributed by atoms with Crippen molar-refractivity contribution in [3.05, 3.63) is 36.7 Å². The SMILES string of the molecule is C=CCNC(=O)CSc1nnc2c3cc(F)ccc3n(C)c2n1. The summed E-state index contributed by atoms with van der Waals surface area (Å²) in [6.45, 7) is 3.96. The molecular weight excluding hydrogens is 317 g/mol. The number of thioether (sulfide) groups is 1. The van der Waals surface area contributed by atoms with Gasteiger partial charge in [-0.1, -0.05) is 17.8 Å². The lowest BCUT2D eigenvalue weighted by Crippen LogP contribution is -2.25. The molecule has 0 aliphatic carbocycles. The van der Waals surface area contributed by atoms with Crippen LogP contribution in [0.5, 0.6) is 0 Å². The van der Waals surface area contributed by atoms with Gasteiger partial charge >= 0.3 is 0 Å². The van der Waals surface area contributed by atoms with Gasteiger partial charge in [0.25, 0.3) is 0 Å². The van der Waals surface area contributed by atoms with E-state index in [1.54, 1.807) is 12.1 Å². The number of halogens is 1. The van der Waals surface area contributed by atoms with Crippen LogP contribution in [0.15, 0.2) is 36.0 Å². The number of carbonyl (C=O) groups is 1. The number of carbonyl (C=O) groups excluding carboxylic acids is 1. The molecule has 0 unspecified atom stereocenters. The molecule has 0 saturated carbocycles. The first-order chi connectivity index (χ1) is 11.1. The molecule has 0 atom stereocenters. The van der Waals surface area contributed by atoms with Gasteiger partial charge in [0.2, 0.25) is 11.1 Å². The maximum Gasteiger partial charge on any atom is 0.230 e. The maximum atomic E-state index is 13.4. The molecule has 8 heteroatoms. The third-order valence-electron chi connectivity index (χ3n) is 3.32. The summed E-state index contributed by atoms with van der Waals surface area (Å²) < 4.78 is 15.3. The Morgan fingerprint density at radius 2 is 2.30 bits per heavy atom. The molecule has 1 aromatic carbocycles. The Morgan fingerprint density at radius 1 is 1.48 bits per heavy atom. The van der Waals surface area contributed by atoms with Crippen molar-refractivity contribution in [1.29, 1.82) is 0 Å². The number of aryl methyl sites for hydroxylation is 1. The number of amides is 1. The molecule has 0 aliphatic rings. The number of hydrogen-bond donors (Lipinski definition) is 1. The fourth-order valence-electron chi connectivity index (χ4n) is 2.24. The fraction of sp³-hybridized carbons (Fsp3) is 0.200. The van der Waals surface area contributed by atoms with Crippen molar-refractivity contribution in [2.45, 2.75) is 5.16 Å². The average molecular weight is 331 g/mol. The largest absolute Gasteiger partial charge is 0.352 e. The van der Waals surface area contributed by atoms with Crippen LogP contribution in [0, 0.1) is 5.82 Å². The average Bonchev–Trinajstić information content (AvgIpc) is 2.83. The molecule has 0 spiro atoms. The Bertz CT molecular complexity index is 908. The van der Waals surface area contributed by atoms with Gasteiger partial charge < -0.3 is 9.88 Å². The summed E-state index contributed by atoms with van der Waals surface area (Å²) in [5, 5.41) is 11.9. The minimum atomic E-state index is -0.329. The molecule has 23 heavy (non-hydrogen) atoms. The number of hydrogen-bond acceptors (Lipinski definition) is 5. The van der Waals surface area contributed by atoms with Gasteiger partial charge in [0, 0.05) is 19.0 Å². The molecule has 2 heterocycles. The van der Waals surface area contributed by atoms with E-state index in [0.29, 0.717) is 28.3 Å². The Balaban J connectivity index is 1.90. The van der Waals surface area contributed by atoms with E-state index in [0.717, 1.165) is 5.52 Å². The van der Waals surface area contributed by atoms with Gasteiger partial charge in [-0.05, 0) is 18.2 Å². The summed E-state index contributed by atoms with van der Waals surface area (Å²) in [5.41, 5.74) is 1.98. The minimum absolute atomic E-state index is 0.127. The smallest absolute Gasteiger partial charge is 0.230 e. The van der Waals surface area contributed by atoms with E-state index in [-0.39, 0.29) is 17.5 Å². The Labute approximate surface area is 135 Å². The number of nitrogens with zero attached hydrogens (tertiary/aromatic N) is 4. The van der Waals surface area contributed by atoms with Crippen molar-refractivity contribution in [2.24, 2.45) is 7.05 Å². The molecule has 6 nitrogen and oxygen atoms in total. The first kappa shape index (κ1) is 15.4. The van der Waals surface area contributed by atoms with Crippen molar-refractivity contribution in [3.63, 3.8) is 0 Å². The molecule has 1 amide bonds. The third kappa shape index (κ3) is 3.02. The van der Waals surface area contributed by atoms with Gasteiger partial charge in [0.05, 0.1) is 11.3 Å². The third-order valence-corrected chi connectivity index (χ3v) is 4.16. The lowest BCUT2D eigenvalue weighted by molar-refractivity contribution is -0.118. The van der Waals surface area contributed by atoms with Crippen LogP contribution in [0.25, 0.3) is 22.1 Å². The lowest BCUT2D eigenvalue weighted by Gasteiger charge is -2.01. The van der Waals surface area contributed by atoms with Gasteiger partial charge in [-0.3, -0.25) is 4.79 Å². The highest BCUT2D eigenvalue weighted by Crippen LogP contribution is 2.26. The summed E-state index contributed by atoms with van der Waals surface area (Å²) in [6.07, 6.45) is 1.61. The maximum absolute atomic E-state index is 13.4. The predicted octanol–water partition coefficient (Wildman–Crippen LogP) is 2.05. The normalized spacial score (nSPS) is 11.0. The predicted molar refractivity (Wildman–Crippen MR) is 87.7 cm³/mol. The summed E-state index contributed by atoms with van der Waals surface area (Å²) in [7, 11) is 1.84. The van der Waals surface area contributed by atoms with E-state index in [4.69, 9.17) is 0 Å². The van der Waals surface area contributed by atoms with Gasteiger partial charge in [0.1, 0.15) is 11.3 Å². The van der Waals surface area contributed by atoms with Crippen molar-refractivity contribution in [1.82, 2.24) is 25.1 Å². The van der Waals surface area contributed by atoms with Crippen LogP contribution in [0.2, 0.25) is 0 Å². The zero-order valence-corrected chi connectivity index (χ0v) is 13.2. The van der Waals surface area contributed by atoms with Crippen LogP contribution in [0.4, 0.5) is 4.39 Å². The number of benzene rings is 1. The van der Waals surface area contributed by atoms with E-state index in [2.05, 4.69) is 27.1 Å². The number of nitrogens with one attached hydrogen (secondary N) is 1. The first-order valence-corrected chi connectivity index (χ1v) is 7.87. The van der Waals surface area contributed by atoms with Gasteiger partial charge in [-0.25, -0.2) is 9.37 Å². The van der Waals surface area contributed by atoms with Crippen LogP contribution in [-0.4, -0.2) is 38.0 Å². The van der Waals surface area contributed by atoms with Gasteiger partial charge in [-0.15, -0.1) is 16.8 Å². The highest BCUT2D eigenvalue weighted by molar-refractivity contribution is 7.99. The molecule has 3 rings (SSSR count). The zero-order valence-electron chi connectivity index (χ0n) is 12.4. The molecule has 0 aliphatic heterocycles. The monoisotopic (exact) mass is 331 g/mol. The van der Waals surface area contributed by atoms with Crippen molar-refractivity contribution >= 4 is 39.7 Å². The summed E-state index contributed by atoms with van der Waals surface area (Å²) >= 11 is 1.20. The number of rotatable bonds is 5. The zero-order chi connectivity index (χ0) is 16.4. The lowest BCUT2D eigenvalue weighted by atomic mass is 10.2. The van der Waals surface area contributed by atoms with Gasteiger partial charge in [-0.2, -0.15) is 0 Å². The topological polar surface area (TPSA) is 72.7 Å². The van der Waals surface area contributed by atoms with Crippen LogP contribution in [0.3, 0.4) is 0 Å². The molecule has 2 aromatic heterocycles. The van der Waals surface area contributed by atoms with Crippen LogP contribution >= 0.6 is 11.8 Å². The van der Waals surface area contributed by atoms with E-state index in [9.17, 15) is 9.18 Å². The number of aromatic nitrogens is 4. The van der Waals surface area contributed by atoms with Crippen molar-refractivity contribution in [2.75, 3.05) is 12.3 Å². The Hall–Kier alpha value is -2.48. The quantitative estimate of drug-likeness (QED) is 0.572. The molecule has 0 bridgehead atoms. The molecule has 118 valence electrons. The highest BCUT2D eigenvalue weighted by Gasteiger charge is 2.14. The minimum Gasteiger partial charge on any atom is -0.352 e. The molecule has 0 saturated heterocycles. The van der Waals surface area contributed by atoms with E-state index < -0.39 is 0 Å². The standard InChI is InChI=1S/C15H14FN5OS/c1-3-6-17-12(22)8-23-15-18-14-13(19-20-15)10-7-9(16)4-5-11(10)21(14)2/h3-5,7H,1,6,8H2,2H3,(H,17,22). The Morgan fingerprint density at radius 3 is 3.09 bits per heavy atom. The summed E-state index contributed by atoms with van der Waals surface area (Å²) in [6, 6.07) is 4.50. The van der Waals surface area contributed by atoms with Crippen LogP contribution < -0.4 is 5.32 Å². The summed E-state index contributed by atoms with van der Waals surface area (Å²) in [5.74, 6) is -0.263. The second-order valence-electron chi connectivity index (χ2n) is 4.87. The number of fused-ring (bicyclic) bond motifs is 3. The first-order valence-electron chi connectivity index (χ1n) is 6.89. The van der Waals surface area contributed by atoms with Crippen molar-refractivity contribution in [3.8, 4) is 0 Å². The van der Waals surface area contributed by atoms with E-state index in [1.807, 2.05) is 11.6 Å². The second-order valence-corrected chi connectivity index (χ2v) is 5.81. The molecule has 0 radical (unpaired) electrons. The van der Waals surface area contributed by atoms with Crippen LogP contribution in [0.1, 0.15) is 0 Å². The molecule has 3 aromatic rings. The van der Waals surface area contributed by atoms with Crippen LogP contribution in [-0.2, 0) is 11.8 Å². The molecule has 0 fully saturated rings. The molecule has 1 N–H and O–H groups in total. The fourth-order valence-corrected chi connectivity index (χ4v) is 2.86. The summed E-state index contributed by atoms with van der Waals surface area (Å²) in [4.78, 5) is 16.0. The van der Waals surface area contributed by atoms with Gasteiger partial charge in [0.15, 0.2) is 5.65 Å². The highest BCUT2D eigenvalue weighted by atomic mass is 32.2. The van der Waals surface area contributed by atoms with E-state index >= 15 is 0 Å². The molecular formula is C15H14FN5OS. The van der Waals surface area contributed by atoms with E-state index in [1.165, 1.54) is 23.9 Å². The van der Waals surface area contributed by atoms with Crippen molar-refractivity contribution < 1.29 is 9.18 Å². The Kier molecular flexibility index (Phi) is 4.24. The second kappa shape index (κ2) is 6.33.